The number of carbonyl (C=O) groups is 1. The molecule has 1 aromatic rings. The van der Waals surface area contributed by atoms with Crippen molar-refractivity contribution in [2.45, 2.75) is 23.8 Å². The zero-order valence-electron chi connectivity index (χ0n) is 10.6. The van der Waals surface area contributed by atoms with Crippen molar-refractivity contribution in [3.63, 3.8) is 0 Å². The molecule has 1 aliphatic heterocycles. The number of nitrogens with two attached hydrogens (primary N) is 1. The minimum Gasteiger partial charge on any atom is -0.489 e. The van der Waals surface area contributed by atoms with Gasteiger partial charge in [0.05, 0.1) is 18.1 Å². The summed E-state index contributed by atoms with van der Waals surface area (Å²) in [5.74, 6) is -1.13. The summed E-state index contributed by atoms with van der Waals surface area (Å²) >= 11 is 0. The molecule has 1 heterocycles. The largest absolute Gasteiger partial charge is 0.489 e. The second-order valence-electron chi connectivity index (χ2n) is 4.44. The molecule has 0 spiro atoms. The van der Waals surface area contributed by atoms with Crippen LogP contribution in [0.1, 0.15) is 23.2 Å². The summed E-state index contributed by atoms with van der Waals surface area (Å²) in [6.45, 7) is 1.12. The van der Waals surface area contributed by atoms with Gasteiger partial charge in [-0.25, -0.2) is 18.4 Å². The van der Waals surface area contributed by atoms with E-state index >= 15 is 0 Å². The van der Waals surface area contributed by atoms with Crippen LogP contribution in [0, 0.1) is 0 Å². The van der Waals surface area contributed by atoms with Gasteiger partial charge in [-0.05, 0) is 18.2 Å². The van der Waals surface area contributed by atoms with Gasteiger partial charge in [-0.3, -0.25) is 0 Å². The molecule has 7 nitrogen and oxygen atoms in total. The normalized spacial score (nSPS) is 16.9. The Morgan fingerprint density at radius 2 is 2.00 bits per heavy atom. The van der Waals surface area contributed by atoms with Gasteiger partial charge in [-0.15, -0.1) is 0 Å². The molecule has 1 fully saturated rings. The van der Waals surface area contributed by atoms with E-state index in [4.69, 9.17) is 19.7 Å². The van der Waals surface area contributed by atoms with E-state index in [1.807, 2.05) is 0 Å². The van der Waals surface area contributed by atoms with Crippen LogP contribution < -0.4 is 9.88 Å². The molecular weight excluding hydrogens is 286 g/mol. The SMILES string of the molecule is NS(=O)(=O)c1ccc(OC2CCOCC2)c(C(=O)O)c1. The Labute approximate surface area is 116 Å². The molecule has 0 bridgehead atoms. The van der Waals surface area contributed by atoms with Crippen molar-refractivity contribution in [2.24, 2.45) is 5.14 Å². The topological polar surface area (TPSA) is 116 Å². The van der Waals surface area contributed by atoms with Crippen molar-refractivity contribution in [1.29, 1.82) is 0 Å². The van der Waals surface area contributed by atoms with Gasteiger partial charge in [0.2, 0.25) is 10.0 Å². The molecule has 1 saturated heterocycles. The Balaban J connectivity index is 2.30. The molecule has 0 unspecified atom stereocenters. The lowest BCUT2D eigenvalue weighted by atomic mass is 10.1. The first kappa shape index (κ1) is 14.8. The molecule has 0 aliphatic carbocycles. The Hall–Kier alpha value is -1.64. The molecule has 2 rings (SSSR count). The number of aromatic carboxylic acids is 1. The second-order valence-corrected chi connectivity index (χ2v) is 6.00. The third kappa shape index (κ3) is 3.47. The monoisotopic (exact) mass is 301 g/mol. The lowest BCUT2D eigenvalue weighted by Gasteiger charge is -2.24. The summed E-state index contributed by atoms with van der Waals surface area (Å²) < 4.78 is 33.3. The summed E-state index contributed by atoms with van der Waals surface area (Å²) in [4.78, 5) is 10.9. The molecule has 1 aromatic carbocycles. The number of ether oxygens (including phenoxy) is 2. The molecule has 110 valence electrons. The average Bonchev–Trinajstić information content (AvgIpc) is 2.38. The summed E-state index contributed by atoms with van der Waals surface area (Å²) in [5.41, 5.74) is -0.219. The first-order valence-corrected chi connectivity index (χ1v) is 7.57. The molecular formula is C12H15NO6S. The van der Waals surface area contributed by atoms with E-state index in [0.717, 1.165) is 6.07 Å². The highest BCUT2D eigenvalue weighted by Gasteiger charge is 2.21. The standard InChI is InChI=1S/C12H15NO6S/c13-20(16,17)9-1-2-11(10(7-9)12(14)15)19-8-3-5-18-6-4-8/h1-2,7-8H,3-6H2,(H,14,15)(H2,13,16,17). The van der Waals surface area contributed by atoms with E-state index < -0.39 is 16.0 Å². The van der Waals surface area contributed by atoms with Crippen molar-refractivity contribution in [1.82, 2.24) is 0 Å². The smallest absolute Gasteiger partial charge is 0.339 e. The number of hydrogen-bond acceptors (Lipinski definition) is 5. The van der Waals surface area contributed by atoms with Gasteiger partial charge in [0, 0.05) is 12.8 Å². The maximum absolute atomic E-state index is 11.2. The van der Waals surface area contributed by atoms with E-state index in [9.17, 15) is 13.2 Å². The minimum atomic E-state index is -3.95. The van der Waals surface area contributed by atoms with Crippen molar-refractivity contribution >= 4 is 16.0 Å². The van der Waals surface area contributed by atoms with Crippen LogP contribution >= 0.6 is 0 Å². The average molecular weight is 301 g/mol. The van der Waals surface area contributed by atoms with Crippen molar-refractivity contribution < 1.29 is 27.8 Å². The minimum absolute atomic E-state index is 0.136. The Morgan fingerprint density at radius 1 is 1.35 bits per heavy atom. The Bertz CT molecular complexity index is 606. The Morgan fingerprint density at radius 3 is 2.55 bits per heavy atom. The molecule has 1 aliphatic rings. The van der Waals surface area contributed by atoms with E-state index in [2.05, 4.69) is 0 Å². The van der Waals surface area contributed by atoms with Gasteiger partial charge in [-0.2, -0.15) is 0 Å². The summed E-state index contributed by atoms with van der Waals surface area (Å²) in [5, 5.41) is 14.1. The number of carboxylic acid groups (broad SMARTS) is 1. The predicted octanol–water partition coefficient (Wildman–Crippen LogP) is 0.590. The van der Waals surface area contributed by atoms with E-state index in [-0.39, 0.29) is 22.3 Å². The third-order valence-corrected chi connectivity index (χ3v) is 3.88. The van der Waals surface area contributed by atoms with Crippen molar-refractivity contribution in [3.05, 3.63) is 23.8 Å². The second kappa shape index (κ2) is 5.78. The number of primary sulfonamides is 1. The third-order valence-electron chi connectivity index (χ3n) is 2.97. The van der Waals surface area contributed by atoms with Crippen LogP contribution in [0.25, 0.3) is 0 Å². The van der Waals surface area contributed by atoms with Gasteiger partial charge >= 0.3 is 5.97 Å². The van der Waals surface area contributed by atoms with Crippen LogP contribution in [0.4, 0.5) is 0 Å². The number of carboxylic acids is 1. The summed E-state index contributed by atoms with van der Waals surface area (Å²) in [6.07, 6.45) is 1.19. The number of sulfonamides is 1. The number of hydrogen-bond donors (Lipinski definition) is 2. The van der Waals surface area contributed by atoms with Crippen LogP contribution in [0.15, 0.2) is 23.1 Å². The lowest BCUT2D eigenvalue weighted by molar-refractivity contribution is 0.0248. The van der Waals surface area contributed by atoms with Crippen LogP contribution in [-0.2, 0) is 14.8 Å². The predicted molar refractivity (Wildman–Crippen MR) is 69.2 cm³/mol. The van der Waals surface area contributed by atoms with Crippen molar-refractivity contribution in [2.75, 3.05) is 13.2 Å². The van der Waals surface area contributed by atoms with Crippen LogP contribution in [0.5, 0.6) is 5.75 Å². The van der Waals surface area contributed by atoms with Gasteiger partial charge in [0.25, 0.3) is 0 Å². The molecule has 0 saturated carbocycles. The molecule has 20 heavy (non-hydrogen) atoms. The van der Waals surface area contributed by atoms with Gasteiger partial charge < -0.3 is 14.6 Å². The highest BCUT2D eigenvalue weighted by Crippen LogP contribution is 2.25. The Kier molecular flexibility index (Phi) is 4.26. The molecule has 0 amide bonds. The fraction of sp³-hybridized carbons (Fsp3) is 0.417. The maximum atomic E-state index is 11.2. The first-order chi connectivity index (χ1) is 9.38. The number of benzene rings is 1. The van der Waals surface area contributed by atoms with Crippen LogP contribution in [0.2, 0.25) is 0 Å². The lowest BCUT2D eigenvalue weighted by Crippen LogP contribution is -2.26. The van der Waals surface area contributed by atoms with Gasteiger partial charge in [0.15, 0.2) is 0 Å². The van der Waals surface area contributed by atoms with Gasteiger partial charge in [0.1, 0.15) is 17.4 Å². The highest BCUT2D eigenvalue weighted by molar-refractivity contribution is 7.89. The van der Waals surface area contributed by atoms with Crippen molar-refractivity contribution in [3.8, 4) is 5.75 Å². The van der Waals surface area contributed by atoms with E-state index in [0.29, 0.717) is 26.1 Å². The van der Waals surface area contributed by atoms with E-state index in [1.54, 1.807) is 0 Å². The molecule has 0 radical (unpaired) electrons. The number of rotatable bonds is 4. The zero-order chi connectivity index (χ0) is 14.8. The zero-order valence-corrected chi connectivity index (χ0v) is 11.4. The maximum Gasteiger partial charge on any atom is 0.339 e. The van der Waals surface area contributed by atoms with Crippen LogP contribution in [0.3, 0.4) is 0 Å². The summed E-state index contributed by atoms with van der Waals surface area (Å²) in [6, 6.07) is 3.56. The quantitative estimate of drug-likeness (QED) is 0.840. The fourth-order valence-corrected chi connectivity index (χ4v) is 2.47. The molecule has 3 N–H and O–H groups in total. The molecule has 0 atom stereocenters. The molecule has 8 heteroatoms. The first-order valence-electron chi connectivity index (χ1n) is 6.02. The van der Waals surface area contributed by atoms with E-state index in [1.165, 1.54) is 12.1 Å². The van der Waals surface area contributed by atoms with Gasteiger partial charge in [-0.1, -0.05) is 0 Å². The highest BCUT2D eigenvalue weighted by atomic mass is 32.2. The fourth-order valence-electron chi connectivity index (χ4n) is 1.93. The summed E-state index contributed by atoms with van der Waals surface area (Å²) in [7, 11) is -3.95. The van der Waals surface area contributed by atoms with Crippen LogP contribution in [-0.4, -0.2) is 38.8 Å². The molecule has 0 aromatic heterocycles.